The second-order valence-corrected chi connectivity index (χ2v) is 15.5. The fraction of sp³-hybridized carbons (Fsp3) is 0.268. The standard InChI is InChI=1S/C41H34F4N6O3S/c1-23-19-28(37(46-20-23)50-21-40(22-50)14-17-54-18-15-40)38(52)47-25-11-9-24(10-12-25)39(53)51-16-13-27-32(42)35(55-34(27)26-5-2-3-8-31(26)51)36-48-30-7-4-6-29(33(30)49-36)41(43,44)45/h2-12,19-20H,13-18,21-22H2,1H3,(H,47,52)(H,48,49). The minimum atomic E-state index is -4.61. The number of alkyl halides is 3. The molecular weight excluding hydrogens is 733 g/mol. The summed E-state index contributed by atoms with van der Waals surface area (Å²) in [5, 5.41) is 2.97. The second-order valence-electron chi connectivity index (χ2n) is 14.4. The molecule has 2 saturated heterocycles. The summed E-state index contributed by atoms with van der Waals surface area (Å²) in [6.07, 6.45) is -0.674. The number of pyridine rings is 1. The number of imidazole rings is 1. The van der Waals surface area contributed by atoms with E-state index in [-0.39, 0.29) is 51.9 Å². The molecule has 55 heavy (non-hydrogen) atoms. The van der Waals surface area contributed by atoms with Crippen LogP contribution >= 0.6 is 11.3 Å². The number of nitrogens with zero attached hydrogens (tertiary/aromatic N) is 4. The number of aryl methyl sites for hydroxylation is 1. The molecule has 6 aromatic rings. The third kappa shape index (κ3) is 6.22. The zero-order valence-corrected chi connectivity index (χ0v) is 30.4. The van der Waals surface area contributed by atoms with Gasteiger partial charge in [0.2, 0.25) is 0 Å². The number of carbonyl (C=O) groups excluding carboxylic acids is 2. The number of hydrogen-bond acceptors (Lipinski definition) is 7. The smallest absolute Gasteiger partial charge is 0.381 e. The SMILES string of the molecule is Cc1cnc(N2CC3(CCOCC3)C2)c(C(=O)Nc2ccc(C(=O)N3CCc4c(sc(-c5nc6cccc(C(F)(F)F)c6[nH]5)c4F)-c4ccccc43)cc2)c1. The third-order valence-electron chi connectivity index (χ3n) is 10.8. The van der Waals surface area contributed by atoms with Gasteiger partial charge in [-0.2, -0.15) is 13.2 Å². The summed E-state index contributed by atoms with van der Waals surface area (Å²) in [7, 11) is 0. The minimum absolute atomic E-state index is 0.0127. The number of thiophene rings is 1. The van der Waals surface area contributed by atoms with Crippen molar-refractivity contribution in [1.29, 1.82) is 0 Å². The number of benzene rings is 3. The molecule has 0 atom stereocenters. The number of aromatic amines is 1. The Morgan fingerprint density at radius 2 is 1.75 bits per heavy atom. The van der Waals surface area contributed by atoms with Crippen LogP contribution in [0.15, 0.2) is 79.0 Å². The molecule has 3 aromatic heterocycles. The predicted octanol–water partition coefficient (Wildman–Crippen LogP) is 8.89. The number of anilines is 3. The van der Waals surface area contributed by atoms with E-state index in [1.807, 2.05) is 13.0 Å². The maximum Gasteiger partial charge on any atom is 0.418 e. The minimum Gasteiger partial charge on any atom is -0.381 e. The molecule has 3 aromatic carbocycles. The number of rotatable bonds is 5. The lowest BCUT2D eigenvalue weighted by molar-refractivity contribution is -0.136. The van der Waals surface area contributed by atoms with Crippen molar-refractivity contribution < 1.29 is 31.9 Å². The first-order chi connectivity index (χ1) is 26.5. The van der Waals surface area contributed by atoms with E-state index in [0.29, 0.717) is 44.3 Å². The first kappa shape index (κ1) is 35.1. The van der Waals surface area contributed by atoms with Crippen LogP contribution in [0.4, 0.5) is 34.8 Å². The number of hydrogen-bond donors (Lipinski definition) is 2. The largest absolute Gasteiger partial charge is 0.418 e. The molecule has 0 aliphatic carbocycles. The number of nitrogens with one attached hydrogen (secondary N) is 2. The van der Waals surface area contributed by atoms with Crippen molar-refractivity contribution in [3.8, 4) is 21.1 Å². The van der Waals surface area contributed by atoms with Crippen LogP contribution in [0.3, 0.4) is 0 Å². The molecule has 2 fully saturated rings. The molecule has 1 spiro atoms. The van der Waals surface area contributed by atoms with Crippen LogP contribution < -0.4 is 15.1 Å². The molecule has 0 bridgehead atoms. The maximum absolute atomic E-state index is 16.2. The van der Waals surface area contributed by atoms with Gasteiger partial charge < -0.3 is 24.8 Å². The number of carbonyl (C=O) groups is 2. The number of halogens is 4. The third-order valence-corrected chi connectivity index (χ3v) is 12.0. The van der Waals surface area contributed by atoms with Crippen molar-refractivity contribution in [2.24, 2.45) is 5.41 Å². The van der Waals surface area contributed by atoms with Crippen LogP contribution in [0.1, 0.15) is 50.2 Å². The van der Waals surface area contributed by atoms with Crippen molar-refractivity contribution in [3.63, 3.8) is 0 Å². The lowest BCUT2D eigenvalue weighted by atomic mass is 9.73. The number of aromatic nitrogens is 3. The highest BCUT2D eigenvalue weighted by Crippen LogP contribution is 2.47. The molecule has 2 amide bonds. The molecule has 3 aliphatic rings. The zero-order valence-electron chi connectivity index (χ0n) is 29.6. The summed E-state index contributed by atoms with van der Waals surface area (Å²) < 4.78 is 62.9. The molecule has 0 radical (unpaired) electrons. The average Bonchev–Trinajstić information content (AvgIpc) is 3.70. The highest BCUT2D eigenvalue weighted by atomic mass is 32.1. The quantitative estimate of drug-likeness (QED) is 0.170. The summed E-state index contributed by atoms with van der Waals surface area (Å²) in [5.41, 5.74) is 3.03. The van der Waals surface area contributed by atoms with Gasteiger partial charge in [0.05, 0.1) is 27.8 Å². The second kappa shape index (κ2) is 13.3. The van der Waals surface area contributed by atoms with Gasteiger partial charge in [0.15, 0.2) is 5.82 Å². The average molecular weight is 767 g/mol. The highest BCUT2D eigenvalue weighted by Gasteiger charge is 2.45. The molecule has 3 aliphatic heterocycles. The van der Waals surface area contributed by atoms with Crippen LogP contribution in [0.5, 0.6) is 0 Å². The van der Waals surface area contributed by atoms with E-state index in [1.165, 1.54) is 12.1 Å². The van der Waals surface area contributed by atoms with Gasteiger partial charge in [-0.25, -0.2) is 14.4 Å². The Labute approximate surface area is 317 Å². The highest BCUT2D eigenvalue weighted by molar-refractivity contribution is 7.19. The van der Waals surface area contributed by atoms with Crippen LogP contribution in [0.2, 0.25) is 0 Å². The molecular formula is C41H34F4N6O3S. The van der Waals surface area contributed by atoms with E-state index in [0.717, 1.165) is 62.1 Å². The molecule has 2 N–H and O–H groups in total. The number of para-hydroxylation sites is 2. The number of ether oxygens (including phenoxy) is 1. The summed E-state index contributed by atoms with van der Waals surface area (Å²) in [5.74, 6) is -0.518. The van der Waals surface area contributed by atoms with Gasteiger partial charge >= 0.3 is 6.18 Å². The lowest BCUT2D eigenvalue weighted by Crippen LogP contribution is -2.59. The van der Waals surface area contributed by atoms with E-state index in [9.17, 15) is 22.8 Å². The van der Waals surface area contributed by atoms with Crippen molar-refractivity contribution in [3.05, 3.63) is 113 Å². The van der Waals surface area contributed by atoms with Crippen LogP contribution in [-0.4, -0.2) is 59.6 Å². The Morgan fingerprint density at radius 1 is 0.982 bits per heavy atom. The van der Waals surface area contributed by atoms with Gasteiger partial charge in [-0.15, -0.1) is 11.3 Å². The van der Waals surface area contributed by atoms with E-state index in [2.05, 4.69) is 25.2 Å². The van der Waals surface area contributed by atoms with Crippen molar-refractivity contribution >= 4 is 51.4 Å². The van der Waals surface area contributed by atoms with Gasteiger partial charge in [0.1, 0.15) is 16.5 Å². The summed E-state index contributed by atoms with van der Waals surface area (Å²) in [6, 6.07) is 19.4. The van der Waals surface area contributed by atoms with E-state index in [4.69, 9.17) is 4.74 Å². The van der Waals surface area contributed by atoms with E-state index < -0.39 is 17.6 Å². The summed E-state index contributed by atoms with van der Waals surface area (Å²) >= 11 is 1.09. The zero-order chi connectivity index (χ0) is 38.1. The van der Waals surface area contributed by atoms with Gasteiger partial charge in [-0.1, -0.05) is 24.3 Å². The fourth-order valence-corrected chi connectivity index (χ4v) is 9.14. The summed E-state index contributed by atoms with van der Waals surface area (Å²) in [6.45, 7) is 5.22. The van der Waals surface area contributed by atoms with Gasteiger partial charge in [-0.05, 0) is 80.3 Å². The van der Waals surface area contributed by atoms with E-state index >= 15 is 4.39 Å². The van der Waals surface area contributed by atoms with Gasteiger partial charge in [0, 0.05) is 71.7 Å². The Morgan fingerprint density at radius 3 is 2.51 bits per heavy atom. The number of H-pyrrole nitrogens is 1. The first-order valence-corrected chi connectivity index (χ1v) is 18.8. The molecule has 9 nitrogen and oxygen atoms in total. The molecule has 0 saturated carbocycles. The van der Waals surface area contributed by atoms with E-state index in [1.54, 1.807) is 59.6 Å². The van der Waals surface area contributed by atoms with Crippen LogP contribution in [-0.2, 0) is 17.3 Å². The normalized spacial score (nSPS) is 16.4. The Balaban J connectivity index is 0.946. The van der Waals surface area contributed by atoms with Gasteiger partial charge in [-0.3, -0.25) is 9.59 Å². The van der Waals surface area contributed by atoms with Crippen molar-refractivity contribution in [1.82, 2.24) is 15.0 Å². The van der Waals surface area contributed by atoms with Crippen molar-refractivity contribution in [2.45, 2.75) is 32.4 Å². The Bertz CT molecular complexity index is 2480. The predicted molar refractivity (Wildman–Crippen MR) is 203 cm³/mol. The van der Waals surface area contributed by atoms with Crippen LogP contribution in [0, 0.1) is 18.2 Å². The van der Waals surface area contributed by atoms with Crippen LogP contribution in [0.25, 0.3) is 32.2 Å². The van der Waals surface area contributed by atoms with Crippen molar-refractivity contribution in [2.75, 3.05) is 48.0 Å². The number of fused-ring (bicyclic) bond motifs is 4. The first-order valence-electron chi connectivity index (χ1n) is 18.0. The Hall–Kier alpha value is -5.60. The molecule has 280 valence electrons. The monoisotopic (exact) mass is 766 g/mol. The fourth-order valence-electron chi connectivity index (χ4n) is 7.93. The Kier molecular flexibility index (Phi) is 8.50. The molecule has 9 rings (SSSR count). The topological polar surface area (TPSA) is 103 Å². The molecule has 6 heterocycles. The maximum atomic E-state index is 16.2. The molecule has 14 heteroatoms. The lowest BCUT2D eigenvalue weighted by Gasteiger charge is -2.53. The number of amides is 2. The van der Waals surface area contributed by atoms with Gasteiger partial charge in [0.25, 0.3) is 11.8 Å². The summed E-state index contributed by atoms with van der Waals surface area (Å²) in [4.78, 5) is 43.8. The molecule has 0 unspecified atom stereocenters.